The molecule has 0 heterocycles. The van der Waals surface area contributed by atoms with Crippen LogP contribution in [0.15, 0.2) is 12.7 Å². The normalized spacial score (nSPS) is 41.2. The standard InChI is InChI=1S/C9H16O/c1-3-8-6-7(2)4-5-9(8)10/h3,7-10H,1,4-6H2,2H3. The van der Waals surface area contributed by atoms with Crippen molar-refractivity contribution in [3.8, 4) is 0 Å². The summed E-state index contributed by atoms with van der Waals surface area (Å²) in [5, 5.41) is 9.42. The Labute approximate surface area is 62.8 Å². The summed E-state index contributed by atoms with van der Waals surface area (Å²) in [6.07, 6.45) is 5.02. The van der Waals surface area contributed by atoms with Gasteiger partial charge in [-0.3, -0.25) is 0 Å². The molecule has 0 radical (unpaired) electrons. The second kappa shape index (κ2) is 3.20. The molecule has 0 amide bonds. The molecule has 0 aromatic heterocycles. The van der Waals surface area contributed by atoms with Crippen LogP contribution in [0.3, 0.4) is 0 Å². The van der Waals surface area contributed by atoms with Crippen molar-refractivity contribution < 1.29 is 5.11 Å². The van der Waals surface area contributed by atoms with Gasteiger partial charge in [0.25, 0.3) is 0 Å². The first-order valence-corrected chi connectivity index (χ1v) is 4.04. The molecular formula is C9H16O. The van der Waals surface area contributed by atoms with Gasteiger partial charge in [0.15, 0.2) is 0 Å². The van der Waals surface area contributed by atoms with E-state index in [1.807, 2.05) is 6.08 Å². The number of aliphatic hydroxyl groups excluding tert-OH is 1. The molecule has 1 aliphatic rings. The van der Waals surface area contributed by atoms with E-state index in [-0.39, 0.29) is 6.10 Å². The molecule has 0 aromatic carbocycles. The molecule has 0 aromatic rings. The summed E-state index contributed by atoms with van der Waals surface area (Å²) in [6, 6.07) is 0. The molecule has 1 N–H and O–H groups in total. The van der Waals surface area contributed by atoms with E-state index in [1.54, 1.807) is 0 Å². The second-order valence-corrected chi connectivity index (χ2v) is 3.39. The highest BCUT2D eigenvalue weighted by atomic mass is 16.3. The molecular weight excluding hydrogens is 124 g/mol. The third kappa shape index (κ3) is 1.60. The summed E-state index contributed by atoms with van der Waals surface area (Å²) in [4.78, 5) is 0. The monoisotopic (exact) mass is 140 g/mol. The van der Waals surface area contributed by atoms with Crippen LogP contribution in [0.4, 0.5) is 0 Å². The molecule has 1 saturated carbocycles. The lowest BCUT2D eigenvalue weighted by atomic mass is 9.80. The van der Waals surface area contributed by atoms with Gasteiger partial charge in [-0.15, -0.1) is 6.58 Å². The van der Waals surface area contributed by atoms with Crippen LogP contribution in [0.1, 0.15) is 26.2 Å². The van der Waals surface area contributed by atoms with Crippen LogP contribution < -0.4 is 0 Å². The van der Waals surface area contributed by atoms with Crippen molar-refractivity contribution in [3.63, 3.8) is 0 Å². The maximum absolute atomic E-state index is 9.42. The van der Waals surface area contributed by atoms with Crippen LogP contribution in [0.5, 0.6) is 0 Å². The molecule has 3 unspecified atom stereocenters. The summed E-state index contributed by atoms with van der Waals surface area (Å²) in [6.45, 7) is 5.95. The lowest BCUT2D eigenvalue weighted by Gasteiger charge is -2.29. The first-order valence-electron chi connectivity index (χ1n) is 4.04. The van der Waals surface area contributed by atoms with Crippen molar-refractivity contribution in [1.29, 1.82) is 0 Å². The highest BCUT2D eigenvalue weighted by molar-refractivity contribution is 4.89. The highest BCUT2D eigenvalue weighted by Crippen LogP contribution is 2.29. The first kappa shape index (κ1) is 7.80. The van der Waals surface area contributed by atoms with E-state index in [0.717, 1.165) is 18.8 Å². The minimum Gasteiger partial charge on any atom is -0.393 e. The SMILES string of the molecule is C=CC1CC(C)CCC1O. The van der Waals surface area contributed by atoms with Gasteiger partial charge in [0.1, 0.15) is 0 Å². The number of hydrogen-bond donors (Lipinski definition) is 1. The molecule has 0 aliphatic heterocycles. The Hall–Kier alpha value is -0.300. The number of hydrogen-bond acceptors (Lipinski definition) is 1. The smallest absolute Gasteiger partial charge is 0.0602 e. The van der Waals surface area contributed by atoms with E-state index in [4.69, 9.17) is 0 Å². The highest BCUT2D eigenvalue weighted by Gasteiger charge is 2.23. The van der Waals surface area contributed by atoms with Crippen LogP contribution in [0.2, 0.25) is 0 Å². The molecule has 58 valence electrons. The minimum absolute atomic E-state index is 0.117. The van der Waals surface area contributed by atoms with E-state index in [9.17, 15) is 5.11 Å². The van der Waals surface area contributed by atoms with Crippen LogP contribution in [-0.2, 0) is 0 Å². The van der Waals surface area contributed by atoms with Gasteiger partial charge in [-0.2, -0.15) is 0 Å². The summed E-state index contributed by atoms with van der Waals surface area (Å²) in [5.41, 5.74) is 0. The quantitative estimate of drug-likeness (QED) is 0.552. The predicted molar refractivity (Wildman–Crippen MR) is 42.7 cm³/mol. The van der Waals surface area contributed by atoms with Gasteiger partial charge >= 0.3 is 0 Å². The van der Waals surface area contributed by atoms with Crippen LogP contribution in [0.25, 0.3) is 0 Å². The average Bonchev–Trinajstić information content (AvgIpc) is 1.94. The molecule has 1 fully saturated rings. The van der Waals surface area contributed by atoms with E-state index < -0.39 is 0 Å². The molecule has 0 bridgehead atoms. The van der Waals surface area contributed by atoms with Crippen molar-refractivity contribution in [2.24, 2.45) is 11.8 Å². The Kier molecular flexibility index (Phi) is 2.50. The third-order valence-electron chi connectivity index (χ3n) is 2.43. The van der Waals surface area contributed by atoms with E-state index >= 15 is 0 Å². The van der Waals surface area contributed by atoms with Crippen LogP contribution in [-0.4, -0.2) is 11.2 Å². The zero-order valence-electron chi connectivity index (χ0n) is 6.59. The topological polar surface area (TPSA) is 20.2 Å². The lowest BCUT2D eigenvalue weighted by molar-refractivity contribution is 0.0747. The molecule has 0 spiro atoms. The van der Waals surface area contributed by atoms with Crippen LogP contribution >= 0.6 is 0 Å². The van der Waals surface area contributed by atoms with E-state index in [1.165, 1.54) is 6.42 Å². The second-order valence-electron chi connectivity index (χ2n) is 3.39. The van der Waals surface area contributed by atoms with Gasteiger partial charge in [0.2, 0.25) is 0 Å². The van der Waals surface area contributed by atoms with E-state index in [0.29, 0.717) is 5.92 Å². The van der Waals surface area contributed by atoms with Crippen molar-refractivity contribution in [2.45, 2.75) is 32.3 Å². The minimum atomic E-state index is -0.117. The predicted octanol–water partition coefficient (Wildman–Crippen LogP) is 1.97. The summed E-state index contributed by atoms with van der Waals surface area (Å²) >= 11 is 0. The zero-order chi connectivity index (χ0) is 7.56. The zero-order valence-corrected chi connectivity index (χ0v) is 6.59. The maximum Gasteiger partial charge on any atom is 0.0602 e. The van der Waals surface area contributed by atoms with Gasteiger partial charge < -0.3 is 5.11 Å². The van der Waals surface area contributed by atoms with Crippen molar-refractivity contribution in [3.05, 3.63) is 12.7 Å². The molecule has 1 nitrogen and oxygen atoms in total. The average molecular weight is 140 g/mol. The summed E-state index contributed by atoms with van der Waals surface area (Å²) in [5.74, 6) is 1.12. The van der Waals surface area contributed by atoms with Gasteiger partial charge in [0, 0.05) is 5.92 Å². The lowest BCUT2D eigenvalue weighted by Crippen LogP contribution is -2.26. The van der Waals surface area contributed by atoms with Crippen molar-refractivity contribution in [1.82, 2.24) is 0 Å². The fraction of sp³-hybridized carbons (Fsp3) is 0.778. The van der Waals surface area contributed by atoms with Gasteiger partial charge in [-0.1, -0.05) is 13.0 Å². The van der Waals surface area contributed by atoms with Gasteiger partial charge in [-0.25, -0.2) is 0 Å². The summed E-state index contributed by atoms with van der Waals surface area (Å²) < 4.78 is 0. The number of rotatable bonds is 1. The maximum atomic E-state index is 9.42. The Morgan fingerprint density at radius 3 is 2.70 bits per heavy atom. The van der Waals surface area contributed by atoms with Crippen molar-refractivity contribution >= 4 is 0 Å². The molecule has 0 saturated heterocycles. The first-order chi connectivity index (χ1) is 4.74. The number of aliphatic hydroxyl groups is 1. The molecule has 1 heteroatoms. The van der Waals surface area contributed by atoms with Crippen LogP contribution in [0, 0.1) is 11.8 Å². The third-order valence-corrected chi connectivity index (χ3v) is 2.43. The fourth-order valence-corrected chi connectivity index (χ4v) is 1.66. The largest absolute Gasteiger partial charge is 0.393 e. The van der Waals surface area contributed by atoms with Gasteiger partial charge in [0.05, 0.1) is 6.10 Å². The molecule has 10 heavy (non-hydrogen) atoms. The van der Waals surface area contributed by atoms with E-state index in [2.05, 4.69) is 13.5 Å². The summed E-state index contributed by atoms with van der Waals surface area (Å²) in [7, 11) is 0. The Balaban J connectivity index is 2.45. The fourth-order valence-electron chi connectivity index (χ4n) is 1.66. The Morgan fingerprint density at radius 1 is 1.50 bits per heavy atom. The molecule has 1 aliphatic carbocycles. The molecule has 1 rings (SSSR count). The Morgan fingerprint density at radius 2 is 2.20 bits per heavy atom. The van der Waals surface area contributed by atoms with Crippen molar-refractivity contribution in [2.75, 3.05) is 0 Å². The van der Waals surface area contributed by atoms with Gasteiger partial charge in [-0.05, 0) is 25.2 Å². The Bertz CT molecular complexity index is 120. The molecule has 3 atom stereocenters.